The van der Waals surface area contributed by atoms with E-state index in [1.54, 1.807) is 6.92 Å². The van der Waals surface area contributed by atoms with Crippen molar-refractivity contribution >= 4 is 17.7 Å². The van der Waals surface area contributed by atoms with Gasteiger partial charge in [0.1, 0.15) is 0 Å². The Morgan fingerprint density at radius 3 is 2.16 bits per heavy atom. The van der Waals surface area contributed by atoms with E-state index in [2.05, 4.69) is 0 Å². The van der Waals surface area contributed by atoms with Gasteiger partial charge in [-0.3, -0.25) is 14.4 Å². The Kier molecular flexibility index (Phi) is 5.07. The van der Waals surface area contributed by atoms with Gasteiger partial charge in [0.15, 0.2) is 0 Å². The van der Waals surface area contributed by atoms with Crippen LogP contribution in [0, 0.1) is 11.3 Å². The topological polar surface area (TPSA) is 60.9 Å². The highest BCUT2D eigenvalue weighted by Gasteiger charge is 2.55. The predicted octanol–water partition coefficient (Wildman–Crippen LogP) is 1.49. The van der Waals surface area contributed by atoms with Crippen LogP contribution in [0.15, 0.2) is 0 Å². The summed E-state index contributed by atoms with van der Waals surface area (Å²) in [5.74, 6) is 0.382. The Hall–Kier alpha value is -1.59. The lowest BCUT2D eigenvalue weighted by Crippen LogP contribution is -2.51. The quantitative estimate of drug-likeness (QED) is 0.759. The average molecular weight is 349 g/mol. The SMILES string of the molecule is CC(=O)N1CC[C@]2(C(=O)N3CCCC3)CCN(C(=O)C(C)C)CC[C@H]12. The Balaban J connectivity index is 1.87. The maximum absolute atomic E-state index is 13.4. The van der Waals surface area contributed by atoms with Crippen molar-refractivity contribution in [2.45, 2.75) is 58.9 Å². The van der Waals surface area contributed by atoms with Gasteiger partial charge < -0.3 is 14.7 Å². The normalized spacial score (nSPS) is 29.8. The molecule has 0 radical (unpaired) electrons. The minimum absolute atomic E-state index is 0.0351. The zero-order chi connectivity index (χ0) is 18.2. The molecule has 25 heavy (non-hydrogen) atoms. The molecule has 0 aromatic heterocycles. The van der Waals surface area contributed by atoms with E-state index in [9.17, 15) is 14.4 Å². The second-order valence-electron chi connectivity index (χ2n) is 8.15. The molecule has 0 saturated carbocycles. The molecule has 0 aromatic carbocycles. The van der Waals surface area contributed by atoms with E-state index >= 15 is 0 Å². The van der Waals surface area contributed by atoms with Gasteiger partial charge in [-0.25, -0.2) is 0 Å². The van der Waals surface area contributed by atoms with E-state index in [4.69, 9.17) is 0 Å². The fraction of sp³-hybridized carbons (Fsp3) is 0.842. The van der Waals surface area contributed by atoms with E-state index in [-0.39, 0.29) is 29.7 Å². The van der Waals surface area contributed by atoms with Gasteiger partial charge in [-0.05, 0) is 32.1 Å². The highest BCUT2D eigenvalue weighted by atomic mass is 16.2. The fourth-order valence-electron chi connectivity index (χ4n) is 4.94. The van der Waals surface area contributed by atoms with Crippen molar-refractivity contribution in [1.82, 2.24) is 14.7 Å². The van der Waals surface area contributed by atoms with Gasteiger partial charge in [-0.1, -0.05) is 13.8 Å². The monoisotopic (exact) mass is 349 g/mol. The number of carbonyl (C=O) groups excluding carboxylic acids is 3. The molecule has 0 unspecified atom stereocenters. The maximum Gasteiger partial charge on any atom is 0.231 e. The van der Waals surface area contributed by atoms with Crippen LogP contribution >= 0.6 is 0 Å². The van der Waals surface area contributed by atoms with Crippen LogP contribution in [-0.4, -0.2) is 71.2 Å². The van der Waals surface area contributed by atoms with Gasteiger partial charge >= 0.3 is 0 Å². The fourth-order valence-corrected chi connectivity index (χ4v) is 4.94. The Labute approximate surface area is 150 Å². The number of amides is 3. The number of hydrogen-bond acceptors (Lipinski definition) is 3. The molecule has 0 spiro atoms. The minimum atomic E-state index is -0.498. The first-order valence-corrected chi connectivity index (χ1v) is 9.72. The van der Waals surface area contributed by atoms with Crippen molar-refractivity contribution in [3.63, 3.8) is 0 Å². The summed E-state index contributed by atoms with van der Waals surface area (Å²) >= 11 is 0. The van der Waals surface area contributed by atoms with E-state index in [0.29, 0.717) is 32.5 Å². The summed E-state index contributed by atoms with van der Waals surface area (Å²) in [5, 5.41) is 0. The average Bonchev–Trinajstić information content (AvgIpc) is 3.19. The molecule has 0 N–H and O–H groups in total. The molecule has 3 heterocycles. The second kappa shape index (κ2) is 6.96. The summed E-state index contributed by atoms with van der Waals surface area (Å²) in [6.45, 7) is 9.03. The van der Waals surface area contributed by atoms with E-state index < -0.39 is 5.41 Å². The van der Waals surface area contributed by atoms with Gasteiger partial charge in [0.25, 0.3) is 0 Å². The van der Waals surface area contributed by atoms with Gasteiger partial charge in [-0.2, -0.15) is 0 Å². The van der Waals surface area contributed by atoms with E-state index in [1.165, 1.54) is 0 Å². The molecule has 3 saturated heterocycles. The molecule has 140 valence electrons. The molecule has 0 aromatic rings. The van der Waals surface area contributed by atoms with Crippen LogP contribution < -0.4 is 0 Å². The number of nitrogens with zero attached hydrogens (tertiary/aromatic N) is 3. The number of likely N-dealkylation sites (tertiary alicyclic amines) is 3. The summed E-state index contributed by atoms with van der Waals surface area (Å²) in [6.07, 6.45) is 4.25. The lowest BCUT2D eigenvalue weighted by atomic mass is 9.75. The van der Waals surface area contributed by atoms with Crippen LogP contribution in [0.4, 0.5) is 0 Å². The Morgan fingerprint density at radius 2 is 1.56 bits per heavy atom. The third kappa shape index (κ3) is 3.15. The first-order chi connectivity index (χ1) is 11.9. The van der Waals surface area contributed by atoms with Crippen molar-refractivity contribution in [3.05, 3.63) is 0 Å². The molecule has 2 atom stereocenters. The molecular weight excluding hydrogens is 318 g/mol. The molecule has 3 amide bonds. The summed E-state index contributed by atoms with van der Waals surface area (Å²) in [7, 11) is 0. The predicted molar refractivity (Wildman–Crippen MR) is 94.7 cm³/mol. The van der Waals surface area contributed by atoms with Crippen LogP contribution in [0.5, 0.6) is 0 Å². The lowest BCUT2D eigenvalue weighted by molar-refractivity contribution is -0.144. The maximum atomic E-state index is 13.4. The van der Waals surface area contributed by atoms with Crippen LogP contribution in [-0.2, 0) is 14.4 Å². The summed E-state index contributed by atoms with van der Waals surface area (Å²) in [5.41, 5.74) is -0.498. The summed E-state index contributed by atoms with van der Waals surface area (Å²) in [4.78, 5) is 43.8. The third-order valence-corrected chi connectivity index (χ3v) is 6.34. The second-order valence-corrected chi connectivity index (χ2v) is 8.15. The van der Waals surface area contributed by atoms with Crippen molar-refractivity contribution in [3.8, 4) is 0 Å². The molecule has 3 aliphatic heterocycles. The standard InChI is InChI=1S/C19H31N3O3/c1-14(2)17(24)20-11-6-16-19(7-12-20,8-13-22(16)15(3)23)18(25)21-9-4-5-10-21/h14,16H,4-13H2,1-3H3/t16-,19+/m0/s1. The third-order valence-electron chi connectivity index (χ3n) is 6.34. The first kappa shape index (κ1) is 18.2. The van der Waals surface area contributed by atoms with Gasteiger partial charge in [0.2, 0.25) is 17.7 Å². The zero-order valence-electron chi connectivity index (χ0n) is 15.8. The molecule has 3 rings (SSSR count). The number of rotatable bonds is 2. The van der Waals surface area contributed by atoms with Crippen molar-refractivity contribution < 1.29 is 14.4 Å². The molecular formula is C19H31N3O3. The number of hydrogen-bond donors (Lipinski definition) is 0. The van der Waals surface area contributed by atoms with Gasteiger partial charge in [0.05, 0.1) is 5.41 Å². The van der Waals surface area contributed by atoms with Crippen LogP contribution in [0.3, 0.4) is 0 Å². The van der Waals surface area contributed by atoms with Crippen LogP contribution in [0.2, 0.25) is 0 Å². The molecule has 6 heteroatoms. The van der Waals surface area contributed by atoms with Gasteiger partial charge in [0, 0.05) is 51.6 Å². The van der Waals surface area contributed by atoms with E-state index in [1.807, 2.05) is 28.5 Å². The van der Waals surface area contributed by atoms with Crippen LogP contribution in [0.25, 0.3) is 0 Å². The van der Waals surface area contributed by atoms with Crippen LogP contribution in [0.1, 0.15) is 52.9 Å². The molecule has 3 aliphatic rings. The molecule has 0 aliphatic carbocycles. The zero-order valence-corrected chi connectivity index (χ0v) is 15.8. The highest BCUT2D eigenvalue weighted by molar-refractivity contribution is 5.86. The largest absolute Gasteiger partial charge is 0.342 e. The highest BCUT2D eigenvalue weighted by Crippen LogP contribution is 2.45. The minimum Gasteiger partial charge on any atom is -0.342 e. The smallest absolute Gasteiger partial charge is 0.231 e. The van der Waals surface area contributed by atoms with E-state index in [0.717, 1.165) is 32.4 Å². The molecule has 0 bridgehead atoms. The van der Waals surface area contributed by atoms with Crippen molar-refractivity contribution in [2.75, 3.05) is 32.7 Å². The summed E-state index contributed by atoms with van der Waals surface area (Å²) in [6, 6.07) is -0.0666. The molecule has 3 fully saturated rings. The number of carbonyl (C=O) groups is 3. The molecule has 6 nitrogen and oxygen atoms in total. The lowest BCUT2D eigenvalue weighted by Gasteiger charge is -2.37. The van der Waals surface area contributed by atoms with Gasteiger partial charge in [-0.15, -0.1) is 0 Å². The van der Waals surface area contributed by atoms with Crippen molar-refractivity contribution in [1.29, 1.82) is 0 Å². The number of fused-ring (bicyclic) bond motifs is 1. The van der Waals surface area contributed by atoms with Crippen molar-refractivity contribution in [2.24, 2.45) is 11.3 Å². The first-order valence-electron chi connectivity index (χ1n) is 9.72. The Bertz CT molecular complexity index is 556. The summed E-state index contributed by atoms with van der Waals surface area (Å²) < 4.78 is 0. The Morgan fingerprint density at radius 1 is 0.920 bits per heavy atom.